The van der Waals surface area contributed by atoms with Gasteiger partial charge in [0.25, 0.3) is 0 Å². The van der Waals surface area contributed by atoms with Crippen LogP contribution in [0.15, 0.2) is 41.8 Å². The van der Waals surface area contributed by atoms with E-state index in [0.717, 1.165) is 15.6 Å². The van der Waals surface area contributed by atoms with E-state index in [2.05, 4.69) is 51.9 Å². The van der Waals surface area contributed by atoms with Crippen molar-refractivity contribution >= 4 is 39.7 Å². The molecule has 1 heterocycles. The second kappa shape index (κ2) is 7.33. The van der Waals surface area contributed by atoms with Crippen LogP contribution in [0.3, 0.4) is 0 Å². The number of likely N-dealkylation sites (N-methyl/N-ethyl adjacent to an activating group) is 1. The molecular formula is C16H18INOS. The van der Waals surface area contributed by atoms with Gasteiger partial charge in [-0.2, -0.15) is 0 Å². The summed E-state index contributed by atoms with van der Waals surface area (Å²) >= 11 is 4.02. The molecule has 1 unspecified atom stereocenters. The topological polar surface area (TPSA) is 20.3 Å². The van der Waals surface area contributed by atoms with Gasteiger partial charge in [0.1, 0.15) is 0 Å². The number of benzene rings is 1. The van der Waals surface area contributed by atoms with E-state index in [1.807, 2.05) is 31.3 Å². The van der Waals surface area contributed by atoms with Gasteiger partial charge in [0.2, 0.25) is 0 Å². The molecule has 0 fully saturated rings. The molecule has 2 rings (SSSR count). The highest BCUT2D eigenvalue weighted by Crippen LogP contribution is 2.14. The third-order valence-corrected chi connectivity index (χ3v) is 5.01. The Morgan fingerprint density at radius 3 is 2.60 bits per heavy atom. The van der Waals surface area contributed by atoms with E-state index < -0.39 is 0 Å². The molecule has 0 aliphatic carbocycles. The van der Waals surface area contributed by atoms with Crippen LogP contribution in [0.25, 0.3) is 0 Å². The molecule has 1 atom stereocenters. The van der Waals surface area contributed by atoms with Crippen LogP contribution in [0.4, 0.5) is 0 Å². The van der Waals surface area contributed by atoms with E-state index in [1.54, 1.807) is 11.3 Å². The molecule has 106 valence electrons. The van der Waals surface area contributed by atoms with Crippen molar-refractivity contribution < 1.29 is 4.79 Å². The highest BCUT2D eigenvalue weighted by Gasteiger charge is 2.15. The largest absolute Gasteiger partial charge is 0.296 e. The first kappa shape index (κ1) is 15.7. The van der Waals surface area contributed by atoms with Crippen LogP contribution in [0, 0.1) is 3.57 Å². The number of Topliss-reactive ketones (excluding diaryl/α,β-unsaturated/α-hetero) is 1. The first-order chi connectivity index (χ1) is 9.56. The van der Waals surface area contributed by atoms with Crippen LogP contribution in [0.5, 0.6) is 0 Å². The maximum Gasteiger partial charge on any atom is 0.176 e. The third-order valence-electron chi connectivity index (χ3n) is 3.39. The summed E-state index contributed by atoms with van der Waals surface area (Å²) in [5, 5.41) is 2.10. The Kier molecular flexibility index (Phi) is 5.74. The van der Waals surface area contributed by atoms with Gasteiger partial charge >= 0.3 is 0 Å². The monoisotopic (exact) mass is 399 g/mol. The van der Waals surface area contributed by atoms with Crippen molar-refractivity contribution in [1.82, 2.24) is 4.90 Å². The molecule has 0 amide bonds. The summed E-state index contributed by atoms with van der Waals surface area (Å²) in [6.45, 7) is 2.63. The van der Waals surface area contributed by atoms with Gasteiger partial charge in [0.05, 0.1) is 6.54 Å². The van der Waals surface area contributed by atoms with Gasteiger partial charge in [0, 0.05) is 20.1 Å². The number of nitrogens with zero attached hydrogens (tertiary/aromatic N) is 1. The number of hydrogen-bond acceptors (Lipinski definition) is 3. The Labute approximate surface area is 138 Å². The van der Waals surface area contributed by atoms with Crippen LogP contribution in [0.1, 0.15) is 22.2 Å². The lowest BCUT2D eigenvalue weighted by Gasteiger charge is -2.23. The summed E-state index contributed by atoms with van der Waals surface area (Å²) < 4.78 is 1.15. The van der Waals surface area contributed by atoms with Gasteiger partial charge in [-0.05, 0) is 66.6 Å². The van der Waals surface area contributed by atoms with Crippen molar-refractivity contribution in [1.29, 1.82) is 0 Å². The normalized spacial score (nSPS) is 12.6. The highest BCUT2D eigenvalue weighted by molar-refractivity contribution is 14.1. The Hall–Kier alpha value is -0.720. The number of carbonyl (C=O) groups is 1. The zero-order valence-corrected chi connectivity index (χ0v) is 14.6. The molecule has 0 aliphatic heterocycles. The second-order valence-corrected chi connectivity index (χ2v) is 7.26. The smallest absolute Gasteiger partial charge is 0.176 e. The van der Waals surface area contributed by atoms with Gasteiger partial charge in [-0.15, -0.1) is 11.3 Å². The number of ketones is 1. The van der Waals surface area contributed by atoms with Crippen LogP contribution >= 0.6 is 33.9 Å². The summed E-state index contributed by atoms with van der Waals surface area (Å²) in [7, 11) is 2.02. The fraction of sp³-hybridized carbons (Fsp3) is 0.312. The van der Waals surface area contributed by atoms with Crippen molar-refractivity contribution in [3.8, 4) is 0 Å². The predicted octanol–water partition coefficient (Wildman–Crippen LogP) is 4.10. The standard InChI is InChI=1S/C16H18INOS/c1-12(10-15-4-3-9-20-15)18(2)11-16(19)13-5-7-14(17)8-6-13/h3-9,12H,10-11H2,1-2H3. The maximum absolute atomic E-state index is 12.2. The molecule has 0 saturated carbocycles. The Balaban J connectivity index is 1.91. The summed E-state index contributed by atoms with van der Waals surface area (Å²) in [6.07, 6.45) is 0.994. The minimum Gasteiger partial charge on any atom is -0.296 e. The number of hydrogen-bond donors (Lipinski definition) is 0. The number of rotatable bonds is 6. The summed E-state index contributed by atoms with van der Waals surface area (Å²) in [4.78, 5) is 15.7. The van der Waals surface area contributed by atoms with Gasteiger partial charge < -0.3 is 0 Å². The fourth-order valence-electron chi connectivity index (χ4n) is 1.99. The molecule has 0 radical (unpaired) electrons. The van der Waals surface area contributed by atoms with Gasteiger partial charge in [0.15, 0.2) is 5.78 Å². The van der Waals surface area contributed by atoms with E-state index in [0.29, 0.717) is 12.6 Å². The minimum atomic E-state index is 0.182. The van der Waals surface area contributed by atoms with Crippen LogP contribution in [0.2, 0.25) is 0 Å². The second-order valence-electron chi connectivity index (χ2n) is 4.98. The van der Waals surface area contributed by atoms with Crippen molar-refractivity contribution in [3.05, 3.63) is 55.8 Å². The lowest BCUT2D eigenvalue weighted by atomic mass is 10.1. The fourth-order valence-corrected chi connectivity index (χ4v) is 3.17. The molecule has 2 nitrogen and oxygen atoms in total. The van der Waals surface area contributed by atoms with Gasteiger partial charge in [-0.3, -0.25) is 9.69 Å². The van der Waals surface area contributed by atoms with E-state index in [-0.39, 0.29) is 5.78 Å². The van der Waals surface area contributed by atoms with Crippen LogP contribution < -0.4 is 0 Å². The zero-order chi connectivity index (χ0) is 14.5. The van der Waals surface area contributed by atoms with Crippen molar-refractivity contribution in [2.75, 3.05) is 13.6 Å². The van der Waals surface area contributed by atoms with Crippen molar-refractivity contribution in [2.45, 2.75) is 19.4 Å². The average molecular weight is 399 g/mol. The van der Waals surface area contributed by atoms with Crippen molar-refractivity contribution in [3.63, 3.8) is 0 Å². The lowest BCUT2D eigenvalue weighted by molar-refractivity contribution is 0.0924. The maximum atomic E-state index is 12.2. The molecule has 2 aromatic rings. The number of halogens is 1. The molecule has 0 saturated heterocycles. The summed E-state index contributed by atoms with van der Waals surface area (Å²) in [5.41, 5.74) is 0.792. The molecule has 4 heteroatoms. The Bertz CT molecular complexity index is 550. The van der Waals surface area contributed by atoms with E-state index in [9.17, 15) is 4.79 Å². The average Bonchev–Trinajstić information content (AvgIpc) is 2.92. The lowest BCUT2D eigenvalue weighted by Crippen LogP contribution is -2.35. The summed E-state index contributed by atoms with van der Waals surface area (Å²) in [6, 6.07) is 12.3. The molecule has 1 aromatic carbocycles. The first-order valence-corrected chi connectivity index (χ1v) is 8.53. The Morgan fingerprint density at radius 1 is 1.30 bits per heavy atom. The molecule has 20 heavy (non-hydrogen) atoms. The first-order valence-electron chi connectivity index (χ1n) is 6.57. The predicted molar refractivity (Wildman–Crippen MR) is 93.6 cm³/mol. The SMILES string of the molecule is CC(Cc1cccs1)N(C)CC(=O)c1ccc(I)cc1. The van der Waals surface area contributed by atoms with Crippen molar-refractivity contribution in [2.24, 2.45) is 0 Å². The third kappa shape index (κ3) is 4.40. The highest BCUT2D eigenvalue weighted by atomic mass is 127. The van der Waals surface area contributed by atoms with E-state index >= 15 is 0 Å². The Morgan fingerprint density at radius 2 is 2.00 bits per heavy atom. The van der Waals surface area contributed by atoms with Gasteiger partial charge in [-0.25, -0.2) is 0 Å². The molecule has 0 N–H and O–H groups in total. The molecular weight excluding hydrogens is 381 g/mol. The quantitative estimate of drug-likeness (QED) is 0.539. The number of thiophene rings is 1. The zero-order valence-electron chi connectivity index (χ0n) is 11.7. The van der Waals surface area contributed by atoms with Crippen LogP contribution in [-0.4, -0.2) is 30.3 Å². The van der Waals surface area contributed by atoms with E-state index in [1.165, 1.54) is 4.88 Å². The molecule has 0 bridgehead atoms. The number of carbonyl (C=O) groups excluding carboxylic acids is 1. The molecule has 0 spiro atoms. The molecule has 0 aliphatic rings. The summed E-state index contributed by atoms with van der Waals surface area (Å²) in [5.74, 6) is 0.182. The van der Waals surface area contributed by atoms with Gasteiger partial charge in [-0.1, -0.05) is 18.2 Å². The van der Waals surface area contributed by atoms with E-state index in [4.69, 9.17) is 0 Å². The van der Waals surface area contributed by atoms with Crippen LogP contribution in [-0.2, 0) is 6.42 Å². The minimum absolute atomic E-state index is 0.182. The molecule has 1 aromatic heterocycles.